The minimum Gasteiger partial charge on any atom is -0.481 e. The molecular weight excluding hydrogens is 222 g/mol. The number of hydrogen-bond acceptors (Lipinski definition) is 3. The van der Waals surface area contributed by atoms with Crippen LogP contribution < -0.4 is 0 Å². The zero-order chi connectivity index (χ0) is 13.0. The zero-order valence-corrected chi connectivity index (χ0v) is 10.7. The number of hydrogen-bond donors (Lipinski definition) is 1. The van der Waals surface area contributed by atoms with Crippen LogP contribution in [0.4, 0.5) is 0 Å². The van der Waals surface area contributed by atoms with Gasteiger partial charge in [-0.15, -0.1) is 0 Å². The topological polar surface area (TPSA) is 66.8 Å². The van der Waals surface area contributed by atoms with Gasteiger partial charge in [-0.1, -0.05) is 6.92 Å². The van der Waals surface area contributed by atoms with Crippen LogP contribution >= 0.6 is 0 Å². The molecule has 5 heteroatoms. The molecule has 0 saturated carbocycles. The Kier molecular flexibility index (Phi) is 4.93. The summed E-state index contributed by atoms with van der Waals surface area (Å²) in [4.78, 5) is 24.4. The van der Waals surface area contributed by atoms with Gasteiger partial charge in [-0.05, 0) is 26.2 Å². The van der Waals surface area contributed by atoms with Gasteiger partial charge >= 0.3 is 5.97 Å². The van der Waals surface area contributed by atoms with Gasteiger partial charge in [-0.3, -0.25) is 9.59 Å². The molecule has 0 aromatic rings. The highest BCUT2D eigenvalue weighted by Crippen LogP contribution is 2.21. The van der Waals surface area contributed by atoms with Gasteiger partial charge in [-0.25, -0.2) is 0 Å². The van der Waals surface area contributed by atoms with E-state index in [2.05, 4.69) is 0 Å². The van der Waals surface area contributed by atoms with Crippen LogP contribution in [0.25, 0.3) is 0 Å². The van der Waals surface area contributed by atoms with Crippen molar-refractivity contribution in [2.24, 2.45) is 11.8 Å². The summed E-state index contributed by atoms with van der Waals surface area (Å²) in [6.07, 6.45) is 0.654. The Morgan fingerprint density at radius 2 is 2.06 bits per heavy atom. The molecule has 1 heterocycles. The molecule has 0 bridgehead atoms. The molecule has 0 spiro atoms. The Labute approximate surface area is 102 Å². The van der Waals surface area contributed by atoms with E-state index < -0.39 is 11.9 Å². The summed E-state index contributed by atoms with van der Waals surface area (Å²) in [5.41, 5.74) is 0. The summed E-state index contributed by atoms with van der Waals surface area (Å²) >= 11 is 0. The first-order valence-electron chi connectivity index (χ1n) is 6.02. The predicted molar refractivity (Wildman–Crippen MR) is 62.6 cm³/mol. The smallest absolute Gasteiger partial charge is 0.308 e. The fraction of sp³-hybridized carbons (Fsp3) is 0.833. The van der Waals surface area contributed by atoms with Crippen molar-refractivity contribution in [2.45, 2.75) is 33.3 Å². The van der Waals surface area contributed by atoms with E-state index in [1.807, 2.05) is 20.8 Å². The minimum absolute atomic E-state index is 0.0106. The van der Waals surface area contributed by atoms with E-state index in [-0.39, 0.29) is 24.5 Å². The average molecular weight is 243 g/mol. The number of amides is 1. The van der Waals surface area contributed by atoms with E-state index in [9.17, 15) is 9.59 Å². The maximum Gasteiger partial charge on any atom is 0.308 e. The molecule has 2 unspecified atom stereocenters. The molecule has 1 saturated heterocycles. The van der Waals surface area contributed by atoms with Gasteiger partial charge in [0.2, 0.25) is 5.91 Å². The van der Waals surface area contributed by atoms with E-state index in [0.717, 1.165) is 0 Å². The minimum atomic E-state index is -0.820. The van der Waals surface area contributed by atoms with Crippen molar-refractivity contribution in [2.75, 3.05) is 19.7 Å². The Hall–Kier alpha value is -1.10. The van der Waals surface area contributed by atoms with Crippen molar-refractivity contribution in [3.05, 3.63) is 0 Å². The Balaban J connectivity index is 2.52. The molecule has 1 rings (SSSR count). The lowest BCUT2D eigenvalue weighted by atomic mass is 9.90. The third-order valence-corrected chi connectivity index (χ3v) is 2.90. The normalized spacial score (nSPS) is 25.1. The summed E-state index contributed by atoms with van der Waals surface area (Å²) in [5, 5.41) is 9.00. The van der Waals surface area contributed by atoms with Crippen LogP contribution in [0.15, 0.2) is 0 Å². The van der Waals surface area contributed by atoms with Gasteiger partial charge in [0.25, 0.3) is 0 Å². The number of nitrogens with zero attached hydrogens (tertiary/aromatic N) is 1. The van der Waals surface area contributed by atoms with Crippen molar-refractivity contribution in [1.82, 2.24) is 4.90 Å². The SMILES string of the molecule is CC1CC(C(=O)O)CN(C(=O)COC(C)C)C1. The van der Waals surface area contributed by atoms with E-state index in [0.29, 0.717) is 19.5 Å². The first kappa shape index (κ1) is 14.0. The molecule has 1 N–H and O–H groups in total. The highest BCUT2D eigenvalue weighted by molar-refractivity contribution is 5.79. The summed E-state index contributed by atoms with van der Waals surface area (Å²) in [7, 11) is 0. The molecule has 1 aliphatic rings. The van der Waals surface area contributed by atoms with E-state index in [1.165, 1.54) is 0 Å². The number of aliphatic carboxylic acids is 1. The molecule has 0 aliphatic carbocycles. The van der Waals surface area contributed by atoms with Crippen molar-refractivity contribution >= 4 is 11.9 Å². The first-order valence-corrected chi connectivity index (χ1v) is 6.02. The van der Waals surface area contributed by atoms with Crippen LogP contribution in [-0.4, -0.2) is 47.7 Å². The fourth-order valence-corrected chi connectivity index (χ4v) is 2.06. The number of carboxylic acids is 1. The fourth-order valence-electron chi connectivity index (χ4n) is 2.06. The molecular formula is C12H21NO4. The van der Waals surface area contributed by atoms with Crippen LogP contribution in [0, 0.1) is 11.8 Å². The zero-order valence-electron chi connectivity index (χ0n) is 10.7. The van der Waals surface area contributed by atoms with Crippen molar-refractivity contribution in [3.8, 4) is 0 Å². The van der Waals surface area contributed by atoms with Gasteiger partial charge in [0.1, 0.15) is 6.61 Å². The highest BCUT2D eigenvalue weighted by Gasteiger charge is 2.31. The largest absolute Gasteiger partial charge is 0.481 e. The third-order valence-electron chi connectivity index (χ3n) is 2.90. The molecule has 0 aromatic heterocycles. The van der Waals surface area contributed by atoms with E-state index >= 15 is 0 Å². The average Bonchev–Trinajstić information content (AvgIpc) is 2.24. The van der Waals surface area contributed by atoms with Crippen LogP contribution in [0.1, 0.15) is 27.2 Å². The van der Waals surface area contributed by atoms with E-state index in [4.69, 9.17) is 9.84 Å². The standard InChI is InChI=1S/C12H21NO4/c1-8(2)17-7-11(14)13-5-9(3)4-10(6-13)12(15)16/h8-10H,4-7H2,1-3H3,(H,15,16). The van der Waals surface area contributed by atoms with Crippen LogP contribution in [0.2, 0.25) is 0 Å². The number of likely N-dealkylation sites (tertiary alicyclic amines) is 1. The van der Waals surface area contributed by atoms with Gasteiger partial charge < -0.3 is 14.7 Å². The lowest BCUT2D eigenvalue weighted by Crippen LogP contribution is -2.47. The maximum absolute atomic E-state index is 11.8. The van der Waals surface area contributed by atoms with E-state index in [1.54, 1.807) is 4.90 Å². The predicted octanol–water partition coefficient (Wildman–Crippen LogP) is 0.981. The molecule has 98 valence electrons. The van der Waals surface area contributed by atoms with Gasteiger partial charge in [-0.2, -0.15) is 0 Å². The number of ether oxygens (including phenoxy) is 1. The Bertz CT molecular complexity index is 290. The summed E-state index contributed by atoms with van der Waals surface area (Å²) in [6, 6.07) is 0. The van der Waals surface area contributed by atoms with Crippen molar-refractivity contribution in [1.29, 1.82) is 0 Å². The molecule has 1 amide bonds. The molecule has 1 aliphatic heterocycles. The summed E-state index contributed by atoms with van der Waals surface area (Å²) < 4.78 is 5.25. The second kappa shape index (κ2) is 6.00. The lowest BCUT2D eigenvalue weighted by molar-refractivity contribution is -0.148. The molecule has 5 nitrogen and oxygen atoms in total. The van der Waals surface area contributed by atoms with Gasteiger partial charge in [0, 0.05) is 13.1 Å². The number of carbonyl (C=O) groups excluding carboxylic acids is 1. The van der Waals surface area contributed by atoms with Crippen molar-refractivity contribution in [3.63, 3.8) is 0 Å². The highest BCUT2D eigenvalue weighted by atomic mass is 16.5. The van der Waals surface area contributed by atoms with Crippen LogP contribution in [0.3, 0.4) is 0 Å². The number of carboxylic acid groups (broad SMARTS) is 1. The lowest BCUT2D eigenvalue weighted by Gasteiger charge is -2.34. The second-order valence-electron chi connectivity index (χ2n) is 5.03. The molecule has 2 atom stereocenters. The summed E-state index contributed by atoms with van der Waals surface area (Å²) in [6.45, 7) is 6.68. The quantitative estimate of drug-likeness (QED) is 0.799. The van der Waals surface area contributed by atoms with Gasteiger partial charge in [0.05, 0.1) is 12.0 Å². The number of carbonyl (C=O) groups is 2. The number of piperidine rings is 1. The van der Waals surface area contributed by atoms with Gasteiger partial charge in [0.15, 0.2) is 0 Å². The maximum atomic E-state index is 11.8. The molecule has 0 radical (unpaired) electrons. The van der Waals surface area contributed by atoms with Crippen LogP contribution in [0.5, 0.6) is 0 Å². The Morgan fingerprint density at radius 1 is 1.41 bits per heavy atom. The monoisotopic (exact) mass is 243 g/mol. The molecule has 1 fully saturated rings. The second-order valence-corrected chi connectivity index (χ2v) is 5.03. The molecule has 17 heavy (non-hydrogen) atoms. The Morgan fingerprint density at radius 3 is 2.59 bits per heavy atom. The van der Waals surface area contributed by atoms with Crippen LogP contribution in [-0.2, 0) is 14.3 Å². The molecule has 0 aromatic carbocycles. The first-order chi connectivity index (χ1) is 7.90. The summed E-state index contributed by atoms with van der Waals surface area (Å²) in [5.74, 6) is -1.15. The van der Waals surface area contributed by atoms with Crippen molar-refractivity contribution < 1.29 is 19.4 Å². The third kappa shape index (κ3) is 4.34. The number of rotatable bonds is 4.